The molecule has 13 heteroatoms. The maximum atomic E-state index is 13.7. The fourth-order valence-electron chi connectivity index (χ4n) is 7.73. The summed E-state index contributed by atoms with van der Waals surface area (Å²) in [6, 6.07) is 48.3. The largest absolute Gasteiger partial charge is 0.467 e. The van der Waals surface area contributed by atoms with Crippen molar-refractivity contribution in [1.29, 1.82) is 0 Å². The van der Waals surface area contributed by atoms with Crippen molar-refractivity contribution in [2.45, 2.75) is 101 Å². The van der Waals surface area contributed by atoms with E-state index in [-0.39, 0.29) is 39.6 Å². The molecule has 0 aliphatic carbocycles. The summed E-state index contributed by atoms with van der Waals surface area (Å²) in [5.74, 6) is -1.47. The van der Waals surface area contributed by atoms with Gasteiger partial charge in [-0.3, -0.25) is 4.79 Å². The van der Waals surface area contributed by atoms with Crippen LogP contribution in [0.2, 0.25) is 0 Å². The van der Waals surface area contributed by atoms with Crippen LogP contribution in [-0.2, 0) is 94.7 Å². The second kappa shape index (κ2) is 24.1. The van der Waals surface area contributed by atoms with Gasteiger partial charge in [-0.15, -0.1) is 0 Å². The molecule has 0 bridgehead atoms. The molecule has 64 heavy (non-hydrogen) atoms. The normalized spacial score (nSPS) is 25.6. The van der Waals surface area contributed by atoms with Gasteiger partial charge in [-0.2, -0.15) is 0 Å². The SMILES string of the molecule is COC(=O)[C@H]1O[C@H](O[C@H]2[C@H](OCc3ccccc3)[C@@H](OCc3ccccc3)[C@@H](OC)O[C@@H]2COCc2ccccc2)[C@@H](OCc2ccccc2)[C@@H](OCc2ccccc2)[C@@H]1OC(C)=O. The van der Waals surface area contributed by atoms with Crippen LogP contribution in [0.3, 0.4) is 0 Å². The Morgan fingerprint density at radius 3 is 1.27 bits per heavy atom. The number of carbonyl (C=O) groups excluding carboxylic acids is 2. The van der Waals surface area contributed by atoms with Crippen LogP contribution < -0.4 is 0 Å². The first-order valence-corrected chi connectivity index (χ1v) is 21.4. The predicted molar refractivity (Wildman–Crippen MR) is 233 cm³/mol. The smallest absolute Gasteiger partial charge is 0.339 e. The summed E-state index contributed by atoms with van der Waals surface area (Å²) in [4.78, 5) is 26.5. The van der Waals surface area contributed by atoms with Gasteiger partial charge in [-0.1, -0.05) is 152 Å². The van der Waals surface area contributed by atoms with Gasteiger partial charge >= 0.3 is 11.9 Å². The number of benzene rings is 5. The highest BCUT2D eigenvalue weighted by molar-refractivity contribution is 5.76. The van der Waals surface area contributed by atoms with E-state index < -0.39 is 73.4 Å². The molecule has 0 amide bonds. The minimum Gasteiger partial charge on any atom is -0.467 e. The molecule has 0 spiro atoms. The summed E-state index contributed by atoms with van der Waals surface area (Å²) < 4.78 is 70.8. The van der Waals surface area contributed by atoms with E-state index in [1.807, 2.05) is 152 Å². The highest BCUT2D eigenvalue weighted by Crippen LogP contribution is 2.36. The maximum Gasteiger partial charge on any atom is 0.339 e. The molecule has 13 nitrogen and oxygen atoms in total. The van der Waals surface area contributed by atoms with Crippen molar-refractivity contribution in [3.05, 3.63) is 179 Å². The second-order valence-corrected chi connectivity index (χ2v) is 15.4. The molecule has 5 aromatic rings. The summed E-state index contributed by atoms with van der Waals surface area (Å²) >= 11 is 0. The zero-order valence-electron chi connectivity index (χ0n) is 36.3. The molecule has 2 saturated heterocycles. The van der Waals surface area contributed by atoms with E-state index >= 15 is 0 Å². The summed E-state index contributed by atoms with van der Waals surface area (Å²) in [6.07, 6.45) is -10.9. The predicted octanol–water partition coefficient (Wildman–Crippen LogP) is 7.13. The molecule has 0 unspecified atom stereocenters. The van der Waals surface area contributed by atoms with Gasteiger partial charge in [0.05, 0.1) is 46.8 Å². The molecule has 2 aliphatic rings. The molecule has 2 heterocycles. The molecule has 5 aromatic carbocycles. The van der Waals surface area contributed by atoms with Gasteiger partial charge in [0.2, 0.25) is 0 Å². The van der Waals surface area contributed by atoms with Crippen molar-refractivity contribution in [1.82, 2.24) is 0 Å². The maximum absolute atomic E-state index is 13.7. The van der Waals surface area contributed by atoms with E-state index in [4.69, 9.17) is 52.1 Å². The lowest BCUT2D eigenvalue weighted by molar-refractivity contribution is -0.369. The quantitative estimate of drug-likeness (QED) is 0.0693. The molecule has 0 N–H and O–H groups in total. The van der Waals surface area contributed by atoms with Crippen molar-refractivity contribution in [3.8, 4) is 0 Å². The average Bonchev–Trinajstić information content (AvgIpc) is 3.33. The van der Waals surface area contributed by atoms with Gasteiger partial charge in [0.15, 0.2) is 24.8 Å². The van der Waals surface area contributed by atoms with Crippen LogP contribution in [0.4, 0.5) is 0 Å². The number of ether oxygens (including phenoxy) is 11. The topological polar surface area (TPSA) is 136 Å². The second-order valence-electron chi connectivity index (χ2n) is 15.4. The number of hydrogen-bond donors (Lipinski definition) is 0. The number of carbonyl (C=O) groups is 2. The van der Waals surface area contributed by atoms with E-state index in [9.17, 15) is 9.59 Å². The van der Waals surface area contributed by atoms with Crippen LogP contribution in [0.15, 0.2) is 152 Å². The number of methoxy groups -OCH3 is 2. The Kier molecular flexibility index (Phi) is 17.6. The Morgan fingerprint density at radius 1 is 0.469 bits per heavy atom. The van der Waals surface area contributed by atoms with Crippen molar-refractivity contribution in [3.63, 3.8) is 0 Å². The van der Waals surface area contributed by atoms with Crippen molar-refractivity contribution in [2.75, 3.05) is 20.8 Å². The van der Waals surface area contributed by atoms with Crippen LogP contribution in [0.25, 0.3) is 0 Å². The monoisotopic (exact) mass is 876 g/mol. The highest BCUT2D eigenvalue weighted by Gasteiger charge is 2.56. The fraction of sp³-hybridized carbons (Fsp3) is 0.373. The zero-order chi connectivity index (χ0) is 44.5. The summed E-state index contributed by atoms with van der Waals surface area (Å²) in [5.41, 5.74) is 4.46. The van der Waals surface area contributed by atoms with Gasteiger partial charge in [0.25, 0.3) is 0 Å². The number of esters is 2. The first kappa shape index (κ1) is 46.7. The molecular weight excluding hydrogens is 821 g/mol. The van der Waals surface area contributed by atoms with Gasteiger partial charge in [0.1, 0.15) is 36.6 Å². The fourth-order valence-corrected chi connectivity index (χ4v) is 7.73. The molecule has 10 atom stereocenters. The lowest BCUT2D eigenvalue weighted by atomic mass is 9.95. The van der Waals surface area contributed by atoms with Crippen molar-refractivity contribution in [2.24, 2.45) is 0 Å². The van der Waals surface area contributed by atoms with E-state index in [1.165, 1.54) is 14.0 Å². The minimum atomic E-state index is -1.49. The zero-order valence-corrected chi connectivity index (χ0v) is 36.3. The van der Waals surface area contributed by atoms with Crippen LogP contribution in [0.1, 0.15) is 34.7 Å². The Morgan fingerprint density at radius 2 is 0.859 bits per heavy atom. The molecule has 7 rings (SSSR count). The van der Waals surface area contributed by atoms with E-state index in [1.54, 1.807) is 7.11 Å². The molecule has 0 radical (unpaired) electrons. The Bertz CT molecular complexity index is 2110. The molecule has 338 valence electrons. The average molecular weight is 877 g/mol. The summed E-state index contributed by atoms with van der Waals surface area (Å²) in [6.45, 7) is 2.10. The Balaban J connectivity index is 1.29. The van der Waals surface area contributed by atoms with Gasteiger partial charge in [0, 0.05) is 14.0 Å². The third kappa shape index (κ3) is 12.9. The standard InChI is InChI=1S/C51H56O13/c1-35(52)61-45-44(58-31-38-23-13-6-14-24-38)48(60-33-40-27-17-8-18-28-40)51(64-46(45)49(53)54-2)63-42-41(34-56-29-36-19-9-4-10-20-36)62-50(55-3)47(59-32-39-25-15-7-16-26-39)43(42)57-30-37-21-11-5-12-22-37/h4-28,41-48,50-51H,29-34H2,1-3H3/t41-,42-,43+,44+,45+,46+,47-,48+,50+,51+/m1/s1. The third-order valence-electron chi connectivity index (χ3n) is 10.9. The number of hydrogen-bond acceptors (Lipinski definition) is 13. The molecule has 2 fully saturated rings. The lowest BCUT2D eigenvalue weighted by Crippen LogP contribution is -2.67. The van der Waals surface area contributed by atoms with Crippen LogP contribution >= 0.6 is 0 Å². The Hall–Kier alpha value is -5.32. The molecule has 2 aliphatic heterocycles. The first-order chi connectivity index (χ1) is 31.4. The van der Waals surface area contributed by atoms with Crippen LogP contribution in [-0.4, -0.2) is 94.2 Å². The van der Waals surface area contributed by atoms with Crippen LogP contribution in [0.5, 0.6) is 0 Å². The van der Waals surface area contributed by atoms with Gasteiger partial charge in [-0.25, -0.2) is 4.79 Å². The van der Waals surface area contributed by atoms with Gasteiger partial charge in [-0.05, 0) is 27.8 Å². The Labute approximate surface area is 374 Å². The summed E-state index contributed by atoms with van der Waals surface area (Å²) in [5, 5.41) is 0. The van der Waals surface area contributed by atoms with E-state index in [2.05, 4.69) is 0 Å². The lowest BCUT2D eigenvalue weighted by Gasteiger charge is -2.49. The van der Waals surface area contributed by atoms with Crippen molar-refractivity contribution < 1.29 is 61.7 Å². The summed E-state index contributed by atoms with van der Waals surface area (Å²) in [7, 11) is 2.77. The molecule has 0 aromatic heterocycles. The molecule has 0 saturated carbocycles. The van der Waals surface area contributed by atoms with E-state index in [0.717, 1.165) is 27.8 Å². The minimum absolute atomic E-state index is 0.0305. The van der Waals surface area contributed by atoms with Crippen LogP contribution in [0, 0.1) is 0 Å². The first-order valence-electron chi connectivity index (χ1n) is 21.4. The van der Waals surface area contributed by atoms with E-state index in [0.29, 0.717) is 0 Å². The molecular formula is C51H56O13. The number of rotatable bonds is 21. The highest BCUT2D eigenvalue weighted by atomic mass is 16.8. The van der Waals surface area contributed by atoms with Gasteiger partial charge < -0.3 is 52.1 Å². The van der Waals surface area contributed by atoms with Crippen molar-refractivity contribution >= 4 is 11.9 Å². The third-order valence-corrected chi connectivity index (χ3v) is 10.9.